The first-order valence-electron chi connectivity index (χ1n) is 14.3. The minimum Gasteiger partial charge on any atom is -0.508 e. The molecule has 2 aliphatic heterocycles. The smallest absolute Gasteiger partial charge is 0.303 e. The molecule has 2 saturated heterocycles. The number of carbonyl (C=O) groups excluding carboxylic acids is 1. The fourth-order valence-electron chi connectivity index (χ4n) is 5.31. The van der Waals surface area contributed by atoms with Crippen LogP contribution in [0.3, 0.4) is 0 Å². The number of methoxy groups -OCH3 is 1. The molecule has 3 aromatic rings. The molecule has 47 heavy (non-hydrogen) atoms. The van der Waals surface area contributed by atoms with Crippen molar-refractivity contribution in [3.8, 4) is 40.1 Å². The first-order valence-corrected chi connectivity index (χ1v) is 14.3. The van der Waals surface area contributed by atoms with Crippen LogP contribution in [0.25, 0.3) is 22.3 Å². The van der Waals surface area contributed by atoms with Crippen LogP contribution in [0.5, 0.6) is 28.7 Å². The largest absolute Gasteiger partial charge is 0.508 e. The standard InChI is InChI=1S/C30H34O17/c1-10-20(35)23(38)25(40)29(43-10)42-9-18-21(36)24(39)28(44-11(2)31)30(46-18)47-27-22(37)19-15(34)7-13(32)8-17(19)45-26(27)12-4-5-16(41-3)14(33)6-12/h4-8,10,18,20-21,23-25,28-30,32-36,38-40H,9H2,1-3H3/t10-,18+,20+,21-,23-,24+,25-,28-,29-,30+/m1/s1. The Bertz CT molecular complexity index is 1670. The van der Waals surface area contributed by atoms with Gasteiger partial charge in [0.15, 0.2) is 29.7 Å². The lowest BCUT2D eigenvalue weighted by atomic mass is 9.98. The molecular weight excluding hydrogens is 632 g/mol. The molecule has 0 radical (unpaired) electrons. The summed E-state index contributed by atoms with van der Waals surface area (Å²) in [7, 11) is 1.31. The van der Waals surface area contributed by atoms with Crippen LogP contribution < -0.4 is 14.9 Å². The second-order valence-electron chi connectivity index (χ2n) is 11.0. The molecule has 0 bridgehead atoms. The maximum absolute atomic E-state index is 13.8. The molecule has 5 rings (SSSR count). The molecule has 2 aliphatic rings. The first kappa shape index (κ1) is 34.1. The molecule has 0 aliphatic carbocycles. The zero-order chi connectivity index (χ0) is 34.3. The Morgan fingerprint density at radius 2 is 1.60 bits per heavy atom. The van der Waals surface area contributed by atoms with Gasteiger partial charge in [0.2, 0.25) is 17.5 Å². The topological polar surface area (TPSA) is 264 Å². The van der Waals surface area contributed by atoms with Gasteiger partial charge in [0.1, 0.15) is 59.1 Å². The Kier molecular flexibility index (Phi) is 9.81. The third-order valence-corrected chi connectivity index (χ3v) is 7.77. The molecule has 17 heteroatoms. The highest BCUT2D eigenvalue weighted by Crippen LogP contribution is 2.40. The number of hydrogen-bond donors (Lipinski definition) is 8. The van der Waals surface area contributed by atoms with Gasteiger partial charge >= 0.3 is 5.97 Å². The van der Waals surface area contributed by atoms with Crippen molar-refractivity contribution in [1.29, 1.82) is 0 Å². The van der Waals surface area contributed by atoms with Gasteiger partial charge in [-0.1, -0.05) is 0 Å². The number of phenols is 3. The van der Waals surface area contributed by atoms with E-state index in [-0.39, 0.29) is 28.4 Å². The molecule has 1 aromatic heterocycles. The third-order valence-electron chi connectivity index (χ3n) is 7.77. The van der Waals surface area contributed by atoms with E-state index in [2.05, 4.69) is 0 Å². The maximum atomic E-state index is 13.8. The number of aromatic hydroxyl groups is 3. The van der Waals surface area contributed by atoms with Crippen LogP contribution in [-0.2, 0) is 23.7 Å². The molecule has 0 unspecified atom stereocenters. The number of aliphatic hydroxyl groups is 5. The molecule has 2 fully saturated rings. The lowest BCUT2D eigenvalue weighted by Gasteiger charge is -2.43. The quantitative estimate of drug-likeness (QED) is 0.137. The van der Waals surface area contributed by atoms with Crippen LogP contribution >= 0.6 is 0 Å². The van der Waals surface area contributed by atoms with E-state index in [1.807, 2.05) is 0 Å². The summed E-state index contributed by atoms with van der Waals surface area (Å²) in [6.45, 7) is 1.82. The summed E-state index contributed by atoms with van der Waals surface area (Å²) in [5.41, 5.74) is -1.24. The number of rotatable bonds is 8. The molecular formula is C30H34O17. The van der Waals surface area contributed by atoms with Gasteiger partial charge < -0.3 is 73.7 Å². The van der Waals surface area contributed by atoms with E-state index in [1.165, 1.54) is 32.2 Å². The maximum Gasteiger partial charge on any atom is 0.303 e. The van der Waals surface area contributed by atoms with Gasteiger partial charge in [-0.2, -0.15) is 0 Å². The van der Waals surface area contributed by atoms with Crippen molar-refractivity contribution in [3.63, 3.8) is 0 Å². The predicted octanol–water partition coefficient (Wildman–Crippen LogP) is -0.813. The van der Waals surface area contributed by atoms with Gasteiger partial charge in [-0.05, 0) is 25.1 Å². The molecule has 17 nitrogen and oxygen atoms in total. The lowest BCUT2D eigenvalue weighted by molar-refractivity contribution is -0.319. The Labute approximate surface area is 265 Å². The summed E-state index contributed by atoms with van der Waals surface area (Å²) in [6, 6.07) is 5.84. The zero-order valence-corrected chi connectivity index (χ0v) is 25.1. The average molecular weight is 667 g/mol. The molecule has 3 heterocycles. The Morgan fingerprint density at radius 1 is 0.872 bits per heavy atom. The number of fused-ring (bicyclic) bond motifs is 1. The number of phenolic OH excluding ortho intramolecular Hbond substituents is 3. The minimum atomic E-state index is -1.90. The van der Waals surface area contributed by atoms with Gasteiger partial charge in [-0.3, -0.25) is 9.59 Å². The van der Waals surface area contributed by atoms with Crippen molar-refractivity contribution in [1.82, 2.24) is 0 Å². The third kappa shape index (κ3) is 6.65. The molecule has 256 valence electrons. The van der Waals surface area contributed by atoms with Crippen LogP contribution in [0.1, 0.15) is 13.8 Å². The highest BCUT2D eigenvalue weighted by Gasteiger charge is 2.50. The van der Waals surface area contributed by atoms with Gasteiger partial charge in [-0.25, -0.2) is 0 Å². The van der Waals surface area contributed by atoms with Crippen LogP contribution in [0.2, 0.25) is 0 Å². The number of ether oxygens (including phenoxy) is 6. The van der Waals surface area contributed by atoms with Gasteiger partial charge in [0.05, 0.1) is 19.8 Å². The van der Waals surface area contributed by atoms with Crippen LogP contribution in [-0.4, -0.2) is 122 Å². The van der Waals surface area contributed by atoms with Crippen molar-refractivity contribution in [3.05, 3.63) is 40.6 Å². The first-order chi connectivity index (χ1) is 22.2. The summed E-state index contributed by atoms with van der Waals surface area (Å²) in [6.07, 6.45) is -16.0. The van der Waals surface area contributed by atoms with Crippen molar-refractivity contribution in [2.75, 3.05) is 13.7 Å². The number of aliphatic hydroxyl groups excluding tert-OH is 5. The summed E-state index contributed by atoms with van der Waals surface area (Å²) < 4.78 is 38.8. The van der Waals surface area contributed by atoms with Crippen molar-refractivity contribution >= 4 is 16.9 Å². The van der Waals surface area contributed by atoms with Crippen molar-refractivity contribution in [2.24, 2.45) is 0 Å². The van der Waals surface area contributed by atoms with Crippen LogP contribution in [0.4, 0.5) is 0 Å². The van der Waals surface area contributed by atoms with Crippen LogP contribution in [0, 0.1) is 0 Å². The molecule has 0 saturated carbocycles. The highest BCUT2D eigenvalue weighted by atomic mass is 16.7. The SMILES string of the molecule is COc1ccc(-c2oc3cc(O)cc(O)c3c(=O)c2O[C@@H]2O[C@@H](CO[C@@H]3O[C@H](C)[C@H](O)[C@@H](O)[C@H]3O)[C@@H](O)[C@H](O)[C@H]2OC(C)=O)cc1O. The van der Waals surface area contributed by atoms with Gasteiger partial charge in [0.25, 0.3) is 0 Å². The molecule has 0 amide bonds. The Balaban J connectivity index is 1.54. The van der Waals surface area contributed by atoms with E-state index in [9.17, 15) is 50.4 Å². The van der Waals surface area contributed by atoms with Gasteiger partial charge in [-0.15, -0.1) is 0 Å². The Hall–Kier alpha value is -4.20. The average Bonchev–Trinajstić information content (AvgIpc) is 3.01. The van der Waals surface area contributed by atoms with E-state index in [1.54, 1.807) is 0 Å². The predicted molar refractivity (Wildman–Crippen MR) is 155 cm³/mol. The summed E-state index contributed by atoms with van der Waals surface area (Å²) in [5.74, 6) is -3.35. The van der Waals surface area contributed by atoms with E-state index in [0.29, 0.717) is 0 Å². The van der Waals surface area contributed by atoms with Crippen molar-refractivity contribution in [2.45, 2.75) is 75.3 Å². The zero-order valence-electron chi connectivity index (χ0n) is 25.1. The van der Waals surface area contributed by atoms with Gasteiger partial charge in [0, 0.05) is 24.6 Å². The fourth-order valence-corrected chi connectivity index (χ4v) is 5.31. The lowest BCUT2D eigenvalue weighted by Crippen LogP contribution is -2.62. The van der Waals surface area contributed by atoms with Crippen molar-refractivity contribution < 1.29 is 78.5 Å². The van der Waals surface area contributed by atoms with Crippen LogP contribution in [0.15, 0.2) is 39.5 Å². The summed E-state index contributed by atoms with van der Waals surface area (Å²) in [5, 5.41) is 82.7. The Morgan fingerprint density at radius 3 is 2.26 bits per heavy atom. The number of hydrogen-bond acceptors (Lipinski definition) is 17. The highest BCUT2D eigenvalue weighted by molar-refractivity contribution is 5.88. The number of esters is 1. The number of benzene rings is 2. The molecule has 0 spiro atoms. The molecule has 10 atom stereocenters. The minimum absolute atomic E-state index is 0.0405. The van der Waals surface area contributed by atoms with E-state index in [0.717, 1.165) is 19.1 Å². The van der Waals surface area contributed by atoms with E-state index >= 15 is 0 Å². The monoisotopic (exact) mass is 666 g/mol. The second kappa shape index (κ2) is 13.5. The molecule has 8 N–H and O–H groups in total. The molecule has 2 aromatic carbocycles. The summed E-state index contributed by atoms with van der Waals surface area (Å²) in [4.78, 5) is 25.8. The fraction of sp³-hybridized carbons (Fsp3) is 0.467. The number of carbonyl (C=O) groups is 1. The van der Waals surface area contributed by atoms with E-state index in [4.69, 9.17) is 32.8 Å². The summed E-state index contributed by atoms with van der Waals surface area (Å²) >= 11 is 0. The second-order valence-corrected chi connectivity index (χ2v) is 11.0. The van der Waals surface area contributed by atoms with E-state index < -0.39 is 102 Å². The normalized spacial score (nSPS) is 31.0.